The van der Waals surface area contributed by atoms with Gasteiger partial charge in [0, 0.05) is 25.1 Å². The Kier molecular flexibility index (Phi) is 5.77. The number of halogens is 2. The fourth-order valence-electron chi connectivity index (χ4n) is 3.33. The molecule has 1 heterocycles. The molecule has 1 unspecified atom stereocenters. The number of nitrogens with zero attached hydrogens (tertiary/aromatic N) is 1. The number of para-hydroxylation sites is 1. The first-order valence-corrected chi connectivity index (χ1v) is 9.12. The Bertz CT molecular complexity index is 791. The van der Waals surface area contributed by atoms with Crippen LogP contribution in [0.5, 0.6) is 0 Å². The van der Waals surface area contributed by atoms with E-state index >= 15 is 0 Å². The molecular weight excluding hydrogens is 357 g/mol. The molecule has 3 nitrogen and oxygen atoms in total. The predicted molar refractivity (Wildman–Crippen MR) is 102 cm³/mol. The fraction of sp³-hybridized carbons (Fsp3) is 0.300. The van der Waals surface area contributed by atoms with Crippen LogP contribution in [0.3, 0.4) is 0 Å². The Labute approximate surface area is 157 Å². The van der Waals surface area contributed by atoms with Gasteiger partial charge in [-0.2, -0.15) is 0 Å². The smallest absolute Gasteiger partial charge is 0.227 e. The first kappa shape index (κ1) is 18.0. The van der Waals surface area contributed by atoms with Crippen LogP contribution < -0.4 is 4.90 Å². The number of benzene rings is 2. The SMILES string of the molecule is O=CCC(CC(=O)N1CCCc2ccccc21)c1ccc(Cl)c(Cl)c1. The van der Waals surface area contributed by atoms with E-state index in [2.05, 4.69) is 6.07 Å². The number of anilines is 1. The number of carbonyl (C=O) groups excluding carboxylic acids is 2. The lowest BCUT2D eigenvalue weighted by atomic mass is 9.91. The Hall–Kier alpha value is -1.84. The highest BCUT2D eigenvalue weighted by atomic mass is 35.5. The molecule has 0 aromatic heterocycles. The molecule has 3 rings (SSSR count). The van der Waals surface area contributed by atoms with Gasteiger partial charge in [0.1, 0.15) is 6.29 Å². The van der Waals surface area contributed by atoms with Crippen LogP contribution in [0.2, 0.25) is 10.0 Å². The van der Waals surface area contributed by atoms with Crippen molar-refractivity contribution in [3.05, 3.63) is 63.6 Å². The summed E-state index contributed by atoms with van der Waals surface area (Å²) in [6.45, 7) is 0.713. The molecule has 25 heavy (non-hydrogen) atoms. The van der Waals surface area contributed by atoms with E-state index in [1.807, 2.05) is 29.2 Å². The summed E-state index contributed by atoms with van der Waals surface area (Å²) in [5.41, 5.74) is 3.04. The highest BCUT2D eigenvalue weighted by molar-refractivity contribution is 6.42. The molecule has 0 fully saturated rings. The van der Waals surface area contributed by atoms with E-state index in [0.29, 0.717) is 16.6 Å². The summed E-state index contributed by atoms with van der Waals surface area (Å²) < 4.78 is 0. The van der Waals surface area contributed by atoms with Crippen LogP contribution in [-0.4, -0.2) is 18.7 Å². The fourth-order valence-corrected chi connectivity index (χ4v) is 3.64. The molecule has 0 bridgehead atoms. The van der Waals surface area contributed by atoms with Gasteiger partial charge < -0.3 is 9.69 Å². The summed E-state index contributed by atoms with van der Waals surface area (Å²) in [5.74, 6) is -0.168. The van der Waals surface area contributed by atoms with Crippen molar-refractivity contribution in [2.45, 2.75) is 31.6 Å². The minimum Gasteiger partial charge on any atom is -0.312 e. The number of hydrogen-bond donors (Lipinski definition) is 0. The zero-order valence-electron chi connectivity index (χ0n) is 13.8. The average molecular weight is 376 g/mol. The summed E-state index contributed by atoms with van der Waals surface area (Å²) >= 11 is 12.1. The Morgan fingerprint density at radius 1 is 1.16 bits per heavy atom. The molecule has 1 aliphatic rings. The Balaban J connectivity index is 1.82. The maximum absolute atomic E-state index is 12.9. The topological polar surface area (TPSA) is 37.4 Å². The van der Waals surface area contributed by atoms with Crippen molar-refractivity contribution in [3.63, 3.8) is 0 Å². The van der Waals surface area contributed by atoms with Crippen LogP contribution in [0.1, 0.15) is 36.3 Å². The van der Waals surface area contributed by atoms with Crippen LogP contribution >= 0.6 is 23.2 Å². The van der Waals surface area contributed by atoms with E-state index in [9.17, 15) is 9.59 Å². The number of carbonyl (C=O) groups is 2. The van der Waals surface area contributed by atoms with Crippen molar-refractivity contribution in [2.75, 3.05) is 11.4 Å². The number of fused-ring (bicyclic) bond motifs is 1. The monoisotopic (exact) mass is 375 g/mol. The third-order valence-electron chi connectivity index (χ3n) is 4.63. The highest BCUT2D eigenvalue weighted by Gasteiger charge is 2.25. The third-order valence-corrected chi connectivity index (χ3v) is 5.37. The predicted octanol–water partition coefficient (Wildman–Crippen LogP) is 5.04. The van der Waals surface area contributed by atoms with E-state index < -0.39 is 0 Å². The van der Waals surface area contributed by atoms with Gasteiger partial charge in [-0.1, -0.05) is 47.5 Å². The van der Waals surface area contributed by atoms with Gasteiger partial charge in [-0.25, -0.2) is 0 Å². The molecular formula is C20H19Cl2NO2. The van der Waals surface area contributed by atoms with E-state index in [4.69, 9.17) is 23.2 Å². The van der Waals surface area contributed by atoms with Gasteiger partial charge in [0.25, 0.3) is 0 Å². The maximum Gasteiger partial charge on any atom is 0.227 e. The molecule has 0 spiro atoms. The van der Waals surface area contributed by atoms with Gasteiger partial charge in [0.05, 0.1) is 10.0 Å². The lowest BCUT2D eigenvalue weighted by Crippen LogP contribution is -2.36. The second-order valence-electron chi connectivity index (χ2n) is 6.25. The van der Waals surface area contributed by atoms with E-state index in [0.717, 1.165) is 30.4 Å². The quantitative estimate of drug-likeness (QED) is 0.686. The summed E-state index contributed by atoms with van der Waals surface area (Å²) in [5, 5.41) is 0.900. The van der Waals surface area contributed by atoms with Crippen LogP contribution in [0.15, 0.2) is 42.5 Å². The molecule has 0 saturated heterocycles. The lowest BCUT2D eigenvalue weighted by Gasteiger charge is -2.30. The third kappa shape index (κ3) is 4.05. The van der Waals surface area contributed by atoms with Crippen molar-refractivity contribution >= 4 is 41.1 Å². The van der Waals surface area contributed by atoms with Crippen molar-refractivity contribution in [1.29, 1.82) is 0 Å². The van der Waals surface area contributed by atoms with Crippen molar-refractivity contribution < 1.29 is 9.59 Å². The standard InChI is InChI=1S/C20H19Cl2NO2/c21-17-8-7-15(12-18(17)22)16(9-11-24)13-20(25)23-10-3-5-14-4-1-2-6-19(14)23/h1-2,4,6-8,11-12,16H,3,5,9-10,13H2. The van der Waals surface area contributed by atoms with Gasteiger partial charge >= 0.3 is 0 Å². The van der Waals surface area contributed by atoms with Gasteiger partial charge in [-0.3, -0.25) is 4.79 Å². The molecule has 0 saturated carbocycles. The summed E-state index contributed by atoms with van der Waals surface area (Å²) in [7, 11) is 0. The van der Waals surface area contributed by atoms with E-state index in [1.165, 1.54) is 5.56 Å². The molecule has 2 aromatic carbocycles. The highest BCUT2D eigenvalue weighted by Crippen LogP contribution is 2.32. The molecule has 1 atom stereocenters. The zero-order chi connectivity index (χ0) is 17.8. The van der Waals surface area contributed by atoms with Crippen LogP contribution in [0.4, 0.5) is 5.69 Å². The van der Waals surface area contributed by atoms with Crippen LogP contribution in [0.25, 0.3) is 0 Å². The maximum atomic E-state index is 12.9. The van der Waals surface area contributed by atoms with E-state index in [1.54, 1.807) is 12.1 Å². The summed E-state index contributed by atoms with van der Waals surface area (Å²) in [4.78, 5) is 25.9. The molecule has 130 valence electrons. The zero-order valence-corrected chi connectivity index (χ0v) is 15.3. The molecule has 0 radical (unpaired) electrons. The number of aldehydes is 1. The normalized spacial score (nSPS) is 14.7. The lowest BCUT2D eigenvalue weighted by molar-refractivity contribution is -0.119. The average Bonchev–Trinajstić information content (AvgIpc) is 2.63. The number of aryl methyl sites for hydroxylation is 1. The van der Waals surface area contributed by atoms with Gasteiger partial charge in [0.2, 0.25) is 5.91 Å². The van der Waals surface area contributed by atoms with Gasteiger partial charge in [-0.05, 0) is 48.1 Å². The summed E-state index contributed by atoms with van der Waals surface area (Å²) in [6, 6.07) is 13.3. The molecule has 1 amide bonds. The van der Waals surface area contributed by atoms with Gasteiger partial charge in [-0.15, -0.1) is 0 Å². The van der Waals surface area contributed by atoms with Gasteiger partial charge in [0.15, 0.2) is 0 Å². The molecule has 1 aliphatic heterocycles. The van der Waals surface area contributed by atoms with Crippen molar-refractivity contribution in [1.82, 2.24) is 0 Å². The first-order valence-electron chi connectivity index (χ1n) is 8.37. The number of amides is 1. The molecule has 0 N–H and O–H groups in total. The molecule has 2 aromatic rings. The van der Waals surface area contributed by atoms with Crippen molar-refractivity contribution in [3.8, 4) is 0 Å². The molecule has 5 heteroatoms. The minimum absolute atomic E-state index is 0.0325. The Morgan fingerprint density at radius 2 is 1.96 bits per heavy atom. The van der Waals surface area contributed by atoms with Crippen LogP contribution in [-0.2, 0) is 16.0 Å². The molecule has 0 aliphatic carbocycles. The number of rotatable bonds is 5. The largest absolute Gasteiger partial charge is 0.312 e. The second kappa shape index (κ2) is 8.03. The summed E-state index contributed by atoms with van der Waals surface area (Å²) in [6.07, 6.45) is 3.34. The Morgan fingerprint density at radius 3 is 2.72 bits per heavy atom. The van der Waals surface area contributed by atoms with E-state index in [-0.39, 0.29) is 24.7 Å². The van der Waals surface area contributed by atoms with Crippen molar-refractivity contribution in [2.24, 2.45) is 0 Å². The first-order chi connectivity index (χ1) is 12.1. The second-order valence-corrected chi connectivity index (χ2v) is 7.07. The van der Waals surface area contributed by atoms with Crippen LogP contribution in [0, 0.1) is 0 Å². The minimum atomic E-state index is -0.200. The number of hydrogen-bond acceptors (Lipinski definition) is 2.